The first-order valence-electron chi connectivity index (χ1n) is 13.7. The van der Waals surface area contributed by atoms with E-state index in [0.29, 0.717) is 24.1 Å². The molecular formula is C29H40N4O6S. The number of hydrogen-bond donors (Lipinski definition) is 3. The molecule has 4 rings (SSSR count). The molecule has 40 heavy (non-hydrogen) atoms. The summed E-state index contributed by atoms with van der Waals surface area (Å²) in [6, 6.07) is 17.4. The molecule has 10 nitrogen and oxygen atoms in total. The molecule has 1 saturated carbocycles. The maximum Gasteiger partial charge on any atom is 0.410 e. The zero-order valence-corrected chi connectivity index (χ0v) is 23.8. The van der Waals surface area contributed by atoms with Crippen molar-refractivity contribution in [2.75, 3.05) is 37.9 Å². The number of carbonyl (C=O) groups is 1. The van der Waals surface area contributed by atoms with Gasteiger partial charge in [0.1, 0.15) is 6.61 Å². The first kappa shape index (κ1) is 30.0. The number of carbonyl (C=O) groups excluding carboxylic acids is 1. The molecule has 3 atom stereocenters. The Hall–Kier alpha value is -2.96. The summed E-state index contributed by atoms with van der Waals surface area (Å²) >= 11 is 0. The van der Waals surface area contributed by atoms with Gasteiger partial charge >= 0.3 is 6.09 Å². The first-order valence-corrected chi connectivity index (χ1v) is 15.6. The highest BCUT2D eigenvalue weighted by Crippen LogP contribution is 2.41. The van der Waals surface area contributed by atoms with Crippen LogP contribution in [0.5, 0.6) is 0 Å². The zero-order chi connectivity index (χ0) is 28.5. The number of piperidine rings is 1. The van der Waals surface area contributed by atoms with E-state index in [0.717, 1.165) is 50.9 Å². The molecule has 218 valence electrons. The van der Waals surface area contributed by atoms with E-state index in [9.17, 15) is 13.2 Å². The Balaban J connectivity index is 1.32. The van der Waals surface area contributed by atoms with Gasteiger partial charge < -0.3 is 14.5 Å². The second-order valence-electron chi connectivity index (χ2n) is 10.8. The van der Waals surface area contributed by atoms with E-state index in [-0.39, 0.29) is 24.8 Å². The predicted molar refractivity (Wildman–Crippen MR) is 154 cm³/mol. The second-order valence-corrected chi connectivity index (χ2v) is 12.5. The molecule has 1 saturated heterocycles. The van der Waals surface area contributed by atoms with Gasteiger partial charge in [0.2, 0.25) is 10.0 Å². The number of anilines is 1. The Labute approximate surface area is 236 Å². The minimum Gasteiger partial charge on any atom is -0.445 e. The lowest BCUT2D eigenvalue weighted by Gasteiger charge is -2.39. The number of rotatable bonds is 12. The van der Waals surface area contributed by atoms with Gasteiger partial charge in [0.25, 0.3) is 0 Å². The molecule has 2 aromatic rings. The molecule has 1 aliphatic carbocycles. The molecule has 0 bridgehead atoms. The van der Waals surface area contributed by atoms with E-state index in [1.54, 1.807) is 35.2 Å². The third-order valence-corrected chi connectivity index (χ3v) is 8.60. The van der Waals surface area contributed by atoms with Crippen LogP contribution in [0.2, 0.25) is 0 Å². The molecule has 0 radical (unpaired) electrons. The highest BCUT2D eigenvalue weighted by atomic mass is 32.2. The van der Waals surface area contributed by atoms with Crippen LogP contribution in [0.15, 0.2) is 67.3 Å². The van der Waals surface area contributed by atoms with Gasteiger partial charge in [-0.15, -0.1) is 11.6 Å². The van der Waals surface area contributed by atoms with Crippen molar-refractivity contribution in [2.24, 2.45) is 5.92 Å². The second kappa shape index (κ2) is 14.1. The van der Waals surface area contributed by atoms with Crippen molar-refractivity contribution in [1.29, 1.82) is 0 Å². The number of sulfonamides is 1. The Morgan fingerprint density at radius 2 is 1.82 bits per heavy atom. The van der Waals surface area contributed by atoms with Crippen molar-refractivity contribution < 1.29 is 28.2 Å². The van der Waals surface area contributed by atoms with Crippen LogP contribution in [0.3, 0.4) is 0 Å². The summed E-state index contributed by atoms with van der Waals surface area (Å²) in [5, 5.41) is 8.47. The van der Waals surface area contributed by atoms with Gasteiger partial charge in [-0.25, -0.2) is 28.7 Å². The number of nitrogens with zero attached hydrogens (tertiary/aromatic N) is 2. The minimum absolute atomic E-state index is 0.0585. The summed E-state index contributed by atoms with van der Waals surface area (Å²) in [4.78, 5) is 21.1. The molecule has 1 amide bonds. The van der Waals surface area contributed by atoms with Gasteiger partial charge in [-0.05, 0) is 60.8 Å². The predicted octanol–water partition coefficient (Wildman–Crippen LogP) is 4.20. The fraction of sp³-hybridized carbons (Fsp3) is 0.483. The van der Waals surface area contributed by atoms with E-state index in [1.165, 1.54) is 11.8 Å². The molecule has 11 heteroatoms. The summed E-state index contributed by atoms with van der Waals surface area (Å²) in [5.41, 5.74) is 4.97. The number of likely N-dealkylation sites (tertiary alicyclic amines) is 1. The number of benzene rings is 2. The van der Waals surface area contributed by atoms with Crippen molar-refractivity contribution >= 4 is 21.8 Å². The van der Waals surface area contributed by atoms with Crippen LogP contribution in [0.1, 0.15) is 42.7 Å². The van der Waals surface area contributed by atoms with Gasteiger partial charge in [0.15, 0.2) is 0 Å². The van der Waals surface area contributed by atoms with Crippen LogP contribution >= 0.6 is 0 Å². The molecule has 1 heterocycles. The minimum atomic E-state index is -3.27. The van der Waals surface area contributed by atoms with Crippen LogP contribution in [0, 0.1) is 5.92 Å². The Bertz CT molecular complexity index is 1200. The topological polar surface area (TPSA) is 120 Å². The SMILES string of the molecule is C=CCN(C(=O)OCc1ccc(NOO)cc1)C1CCN(CC2CC(NS(C)(=O)=O)CC2c2ccccc2)CC1. The summed E-state index contributed by atoms with van der Waals surface area (Å²) in [5.74, 6) is 0.643. The number of nitrogens with one attached hydrogen (secondary N) is 2. The number of ether oxygens (including phenoxy) is 1. The van der Waals surface area contributed by atoms with Crippen molar-refractivity contribution in [2.45, 2.75) is 50.3 Å². The van der Waals surface area contributed by atoms with Crippen LogP contribution in [-0.4, -0.2) is 74.1 Å². The molecule has 3 unspecified atom stereocenters. The van der Waals surface area contributed by atoms with E-state index in [1.807, 2.05) is 18.2 Å². The van der Waals surface area contributed by atoms with E-state index >= 15 is 0 Å². The largest absolute Gasteiger partial charge is 0.445 e. The quantitative estimate of drug-likeness (QED) is 0.197. The third-order valence-electron chi connectivity index (χ3n) is 7.83. The molecule has 2 fully saturated rings. The fourth-order valence-corrected chi connectivity index (χ4v) is 6.84. The van der Waals surface area contributed by atoms with Crippen molar-refractivity contribution in [3.8, 4) is 0 Å². The zero-order valence-electron chi connectivity index (χ0n) is 22.9. The van der Waals surface area contributed by atoms with Gasteiger partial charge in [0, 0.05) is 38.3 Å². The van der Waals surface area contributed by atoms with Crippen LogP contribution in [0.4, 0.5) is 10.5 Å². The molecule has 2 aliphatic rings. The van der Waals surface area contributed by atoms with Crippen LogP contribution in [0.25, 0.3) is 0 Å². The Kier molecular flexibility index (Phi) is 10.6. The molecule has 1 aliphatic heterocycles. The lowest BCUT2D eigenvalue weighted by molar-refractivity contribution is -0.215. The maximum atomic E-state index is 13.0. The van der Waals surface area contributed by atoms with Crippen molar-refractivity contribution in [3.05, 3.63) is 78.4 Å². The summed E-state index contributed by atoms with van der Waals surface area (Å²) in [6.45, 7) is 6.99. The first-order chi connectivity index (χ1) is 19.3. The molecule has 0 aromatic heterocycles. The molecule has 3 N–H and O–H groups in total. The Morgan fingerprint density at radius 1 is 1.12 bits per heavy atom. The fourth-order valence-electron chi connectivity index (χ4n) is 6.04. The van der Waals surface area contributed by atoms with Crippen molar-refractivity contribution in [3.63, 3.8) is 0 Å². The van der Waals surface area contributed by atoms with E-state index in [2.05, 4.69) is 38.8 Å². The van der Waals surface area contributed by atoms with Gasteiger partial charge in [-0.3, -0.25) is 0 Å². The molecular weight excluding hydrogens is 532 g/mol. The van der Waals surface area contributed by atoms with Crippen LogP contribution in [-0.2, 0) is 26.4 Å². The summed E-state index contributed by atoms with van der Waals surface area (Å²) < 4.78 is 32.3. The van der Waals surface area contributed by atoms with E-state index < -0.39 is 10.0 Å². The molecule has 0 spiro atoms. The number of hydrogen-bond acceptors (Lipinski definition) is 8. The normalized spacial score (nSPS) is 22.1. The third kappa shape index (κ3) is 8.52. The molecule has 2 aromatic carbocycles. The summed E-state index contributed by atoms with van der Waals surface area (Å²) in [7, 11) is -3.27. The lowest BCUT2D eigenvalue weighted by atomic mass is 9.88. The monoisotopic (exact) mass is 572 g/mol. The van der Waals surface area contributed by atoms with Gasteiger partial charge in [-0.1, -0.05) is 48.5 Å². The highest BCUT2D eigenvalue weighted by molar-refractivity contribution is 7.88. The smallest absolute Gasteiger partial charge is 0.410 e. The van der Waals surface area contributed by atoms with Crippen molar-refractivity contribution in [1.82, 2.24) is 14.5 Å². The number of amides is 1. The Morgan fingerprint density at radius 3 is 2.45 bits per heavy atom. The highest BCUT2D eigenvalue weighted by Gasteiger charge is 2.38. The lowest BCUT2D eigenvalue weighted by Crippen LogP contribution is -2.48. The van der Waals surface area contributed by atoms with Gasteiger partial charge in [0.05, 0.1) is 11.9 Å². The maximum absolute atomic E-state index is 13.0. The standard InChI is InChI=1S/C29H40N4O6S/c1-3-15-33(29(34)38-21-22-9-11-25(12-10-22)30-39-35)27-13-16-32(17-14-27)20-24-18-26(31-40(2,36)37)19-28(24)23-7-5-4-6-8-23/h3-12,24,26-28,30-31,35H,1,13-21H2,2H3. The average Bonchev–Trinajstić information content (AvgIpc) is 3.32. The summed E-state index contributed by atoms with van der Waals surface area (Å²) in [6.07, 6.45) is 5.85. The van der Waals surface area contributed by atoms with Gasteiger partial charge in [-0.2, -0.15) is 0 Å². The average molecular weight is 573 g/mol. The van der Waals surface area contributed by atoms with E-state index in [4.69, 9.17) is 9.99 Å². The van der Waals surface area contributed by atoms with Crippen LogP contribution < -0.4 is 10.2 Å².